The van der Waals surface area contributed by atoms with Crippen molar-refractivity contribution in [3.63, 3.8) is 0 Å². The van der Waals surface area contributed by atoms with Crippen molar-refractivity contribution in [2.45, 2.75) is 31.3 Å². The van der Waals surface area contributed by atoms with Crippen molar-refractivity contribution in [1.82, 2.24) is 9.55 Å². The number of nitrogens with zero attached hydrogens (tertiary/aromatic N) is 2. The zero-order valence-electron chi connectivity index (χ0n) is 14.9. The van der Waals surface area contributed by atoms with E-state index in [-0.39, 0.29) is 5.56 Å². The van der Waals surface area contributed by atoms with E-state index in [1.807, 2.05) is 42.5 Å². The van der Waals surface area contributed by atoms with E-state index in [2.05, 4.69) is 26.0 Å². The highest BCUT2D eigenvalue weighted by Crippen LogP contribution is 2.24. The molecule has 0 spiro atoms. The number of fused-ring (bicyclic) bond motifs is 1. The molecular weight excluding hydrogens is 364 g/mol. The molecule has 0 saturated heterocycles. The molecule has 0 N–H and O–H groups in total. The molecule has 1 aromatic heterocycles. The fourth-order valence-electron chi connectivity index (χ4n) is 2.78. The van der Waals surface area contributed by atoms with Crippen LogP contribution in [-0.2, 0) is 0 Å². The molecule has 3 aromatic rings. The minimum absolute atomic E-state index is 0.0516. The Morgan fingerprint density at radius 2 is 1.92 bits per heavy atom. The number of hydrogen-bond acceptors (Lipinski definition) is 3. The van der Waals surface area contributed by atoms with Crippen molar-refractivity contribution in [1.29, 1.82) is 0 Å². The molecular formula is C21H21ClN2OS. The monoisotopic (exact) mass is 384 g/mol. The van der Waals surface area contributed by atoms with Gasteiger partial charge in [0, 0.05) is 11.3 Å². The highest BCUT2D eigenvalue weighted by molar-refractivity contribution is 7.99. The van der Waals surface area contributed by atoms with E-state index in [9.17, 15) is 4.79 Å². The van der Waals surface area contributed by atoms with Crippen LogP contribution in [0.25, 0.3) is 16.6 Å². The number of para-hydroxylation sites is 1. The van der Waals surface area contributed by atoms with Gasteiger partial charge in [-0.2, -0.15) is 0 Å². The van der Waals surface area contributed by atoms with Gasteiger partial charge in [0.15, 0.2) is 5.16 Å². The molecule has 0 aliphatic heterocycles. The first-order valence-corrected chi connectivity index (χ1v) is 10.1. The average molecular weight is 385 g/mol. The lowest BCUT2D eigenvalue weighted by atomic mass is 9.98. The van der Waals surface area contributed by atoms with E-state index in [1.54, 1.807) is 4.57 Å². The van der Waals surface area contributed by atoms with E-state index < -0.39 is 0 Å². The Labute approximate surface area is 162 Å². The lowest BCUT2D eigenvalue weighted by Gasteiger charge is -2.14. The molecule has 0 radical (unpaired) electrons. The molecule has 134 valence electrons. The predicted octanol–water partition coefficient (Wildman–Crippen LogP) is 5.74. The van der Waals surface area contributed by atoms with E-state index in [1.165, 1.54) is 22.9 Å². The van der Waals surface area contributed by atoms with Crippen LogP contribution in [0.3, 0.4) is 0 Å². The zero-order valence-corrected chi connectivity index (χ0v) is 16.4. The van der Waals surface area contributed by atoms with Crippen molar-refractivity contribution in [2.24, 2.45) is 0 Å². The first-order chi connectivity index (χ1) is 12.7. The third-order valence-corrected chi connectivity index (χ3v) is 5.54. The van der Waals surface area contributed by atoms with Crippen molar-refractivity contribution >= 4 is 34.3 Å². The molecule has 26 heavy (non-hydrogen) atoms. The van der Waals surface area contributed by atoms with Gasteiger partial charge in [-0.05, 0) is 42.2 Å². The molecule has 0 saturated carbocycles. The number of halogens is 1. The van der Waals surface area contributed by atoms with Crippen LogP contribution in [0, 0.1) is 0 Å². The Bertz CT molecular complexity index is 979. The first-order valence-electron chi connectivity index (χ1n) is 8.65. The lowest BCUT2D eigenvalue weighted by molar-refractivity contribution is 0.732. The number of benzene rings is 2. The maximum Gasteiger partial charge on any atom is 0.266 e. The summed E-state index contributed by atoms with van der Waals surface area (Å²) in [4.78, 5) is 17.8. The first kappa shape index (κ1) is 18.7. The standard InChI is InChI=1S/C21H21ClN2OS/c1-3-15(2)16-9-11-17(12-10-16)24-20(25)18-7-4-5-8-19(18)23-21(24)26-14-6-13-22/h4-13,15H,3,14H2,1-2H3/b13-6+. The third-order valence-electron chi connectivity index (χ3n) is 4.48. The van der Waals surface area contributed by atoms with Crippen LogP contribution >= 0.6 is 23.4 Å². The summed E-state index contributed by atoms with van der Waals surface area (Å²) in [7, 11) is 0. The summed E-state index contributed by atoms with van der Waals surface area (Å²) in [6.07, 6.45) is 2.92. The average Bonchev–Trinajstić information content (AvgIpc) is 2.68. The minimum atomic E-state index is -0.0516. The molecule has 0 bridgehead atoms. The van der Waals surface area contributed by atoms with Gasteiger partial charge in [-0.1, -0.05) is 67.6 Å². The summed E-state index contributed by atoms with van der Waals surface area (Å²) in [5.74, 6) is 1.15. The third kappa shape index (κ3) is 3.87. The Kier molecular flexibility index (Phi) is 6.17. The summed E-state index contributed by atoms with van der Waals surface area (Å²) in [5.41, 5.74) is 4.25. The minimum Gasteiger partial charge on any atom is -0.268 e. The Morgan fingerprint density at radius 1 is 1.19 bits per heavy atom. The molecule has 0 aliphatic carbocycles. The van der Waals surface area contributed by atoms with Gasteiger partial charge >= 0.3 is 0 Å². The van der Waals surface area contributed by atoms with Gasteiger partial charge in [-0.25, -0.2) is 4.98 Å². The number of rotatable bonds is 6. The number of aromatic nitrogens is 2. The zero-order chi connectivity index (χ0) is 18.5. The quantitative estimate of drug-likeness (QED) is 0.401. The second-order valence-corrected chi connectivity index (χ2v) is 7.36. The summed E-state index contributed by atoms with van der Waals surface area (Å²) < 4.78 is 1.69. The van der Waals surface area contributed by atoms with Gasteiger partial charge in [0.2, 0.25) is 0 Å². The number of thioether (sulfide) groups is 1. The normalized spacial score (nSPS) is 12.7. The van der Waals surface area contributed by atoms with Crippen LogP contribution in [0.15, 0.2) is 70.1 Å². The van der Waals surface area contributed by atoms with Crippen LogP contribution in [0.5, 0.6) is 0 Å². The Balaban J connectivity index is 2.14. The molecule has 3 rings (SSSR count). The topological polar surface area (TPSA) is 34.9 Å². The van der Waals surface area contributed by atoms with Gasteiger partial charge in [0.25, 0.3) is 5.56 Å². The summed E-state index contributed by atoms with van der Waals surface area (Å²) in [5, 5.41) is 1.29. The second kappa shape index (κ2) is 8.56. The van der Waals surface area contributed by atoms with Gasteiger partial charge in [-0.15, -0.1) is 0 Å². The van der Waals surface area contributed by atoms with E-state index in [0.29, 0.717) is 27.7 Å². The highest BCUT2D eigenvalue weighted by Gasteiger charge is 2.13. The van der Waals surface area contributed by atoms with Gasteiger partial charge in [0.05, 0.1) is 16.6 Å². The fourth-order valence-corrected chi connectivity index (χ4v) is 3.80. The van der Waals surface area contributed by atoms with Crippen molar-refractivity contribution in [3.8, 4) is 5.69 Å². The van der Waals surface area contributed by atoms with Crippen LogP contribution < -0.4 is 5.56 Å². The van der Waals surface area contributed by atoms with Crippen LogP contribution in [0.1, 0.15) is 31.7 Å². The van der Waals surface area contributed by atoms with Crippen molar-refractivity contribution < 1.29 is 0 Å². The molecule has 1 atom stereocenters. The van der Waals surface area contributed by atoms with E-state index >= 15 is 0 Å². The van der Waals surface area contributed by atoms with Crippen molar-refractivity contribution in [3.05, 3.63) is 76.1 Å². The smallest absolute Gasteiger partial charge is 0.266 e. The molecule has 3 nitrogen and oxygen atoms in total. The Hall–Kier alpha value is -2.04. The summed E-state index contributed by atoms with van der Waals surface area (Å²) >= 11 is 7.12. The molecule has 0 amide bonds. The van der Waals surface area contributed by atoms with Crippen molar-refractivity contribution in [2.75, 3.05) is 5.75 Å². The second-order valence-electron chi connectivity index (χ2n) is 6.13. The largest absolute Gasteiger partial charge is 0.268 e. The van der Waals surface area contributed by atoms with Gasteiger partial charge in [0.1, 0.15) is 0 Å². The molecule has 0 fully saturated rings. The van der Waals surface area contributed by atoms with Crippen LogP contribution in [-0.4, -0.2) is 15.3 Å². The van der Waals surface area contributed by atoms with Crippen LogP contribution in [0.2, 0.25) is 0 Å². The predicted molar refractivity (Wildman–Crippen MR) is 112 cm³/mol. The van der Waals surface area contributed by atoms with Gasteiger partial charge < -0.3 is 0 Å². The molecule has 1 heterocycles. The maximum atomic E-state index is 13.1. The summed E-state index contributed by atoms with van der Waals surface area (Å²) in [6.45, 7) is 4.38. The highest BCUT2D eigenvalue weighted by atomic mass is 35.5. The SMILES string of the molecule is CCC(C)c1ccc(-n2c(SC/C=C/Cl)nc3ccccc3c2=O)cc1. The van der Waals surface area contributed by atoms with E-state index in [0.717, 1.165) is 12.1 Å². The fraction of sp³-hybridized carbons (Fsp3) is 0.238. The Morgan fingerprint density at radius 3 is 2.62 bits per heavy atom. The van der Waals surface area contributed by atoms with Gasteiger partial charge in [-0.3, -0.25) is 9.36 Å². The molecule has 0 aliphatic rings. The molecule has 5 heteroatoms. The summed E-state index contributed by atoms with van der Waals surface area (Å²) in [6, 6.07) is 15.6. The van der Waals surface area contributed by atoms with Crippen LogP contribution in [0.4, 0.5) is 0 Å². The maximum absolute atomic E-state index is 13.1. The molecule has 1 unspecified atom stereocenters. The number of hydrogen-bond donors (Lipinski definition) is 0. The molecule has 2 aromatic carbocycles. The lowest BCUT2D eigenvalue weighted by Crippen LogP contribution is -2.21. The van der Waals surface area contributed by atoms with E-state index in [4.69, 9.17) is 16.6 Å².